The second kappa shape index (κ2) is 3.66. The minimum absolute atomic E-state index is 0.0370. The molecule has 0 aromatic rings. The van der Waals surface area contributed by atoms with E-state index in [0.717, 1.165) is 0 Å². The summed E-state index contributed by atoms with van der Waals surface area (Å²) in [5.74, 6) is 0.114. The van der Waals surface area contributed by atoms with E-state index < -0.39 is 0 Å². The van der Waals surface area contributed by atoms with Gasteiger partial charge in [0.15, 0.2) is 0 Å². The van der Waals surface area contributed by atoms with Crippen molar-refractivity contribution in [2.75, 3.05) is 14.1 Å². The Morgan fingerprint density at radius 1 is 1.58 bits per heavy atom. The fourth-order valence-corrected chi connectivity index (χ4v) is 2.71. The number of carbonyl (C=O) groups is 1. The third kappa shape index (κ3) is 1.93. The highest BCUT2D eigenvalue weighted by molar-refractivity contribution is 8.01. The van der Waals surface area contributed by atoms with E-state index in [1.165, 1.54) is 0 Å². The maximum Gasteiger partial charge on any atom is 0.235 e. The lowest BCUT2D eigenvalue weighted by Crippen LogP contribution is -2.30. The summed E-state index contributed by atoms with van der Waals surface area (Å²) < 4.78 is 0. The van der Waals surface area contributed by atoms with Crippen LogP contribution in [0.5, 0.6) is 0 Å². The van der Waals surface area contributed by atoms with Crippen molar-refractivity contribution < 1.29 is 9.90 Å². The third-order valence-electron chi connectivity index (χ3n) is 2.09. The molecule has 0 bridgehead atoms. The molecule has 1 fully saturated rings. The maximum atomic E-state index is 11.4. The van der Waals surface area contributed by atoms with Crippen LogP contribution in [0.4, 0.5) is 0 Å². The van der Waals surface area contributed by atoms with Gasteiger partial charge in [-0.3, -0.25) is 4.79 Å². The van der Waals surface area contributed by atoms with Crippen molar-refractivity contribution in [3.63, 3.8) is 0 Å². The molecule has 1 saturated heterocycles. The van der Waals surface area contributed by atoms with Gasteiger partial charge < -0.3 is 10.0 Å². The van der Waals surface area contributed by atoms with E-state index in [0.29, 0.717) is 6.42 Å². The lowest BCUT2D eigenvalue weighted by Gasteiger charge is -2.14. The Labute approximate surface area is 77.1 Å². The maximum absolute atomic E-state index is 11.4. The van der Waals surface area contributed by atoms with E-state index in [4.69, 9.17) is 0 Å². The molecule has 1 aliphatic rings. The molecular formula is C8H15NO2S. The van der Waals surface area contributed by atoms with Gasteiger partial charge >= 0.3 is 0 Å². The van der Waals surface area contributed by atoms with Gasteiger partial charge in [-0.05, 0) is 6.42 Å². The SMILES string of the molecule is C[C@@H]1SC(C(=O)N(C)C)C[C@@H]1O. The van der Waals surface area contributed by atoms with Gasteiger partial charge in [-0.15, -0.1) is 11.8 Å². The number of hydrogen-bond donors (Lipinski definition) is 1. The van der Waals surface area contributed by atoms with Gasteiger partial charge in [-0.2, -0.15) is 0 Å². The Bertz CT molecular complexity index is 174. The van der Waals surface area contributed by atoms with Crippen LogP contribution in [0.3, 0.4) is 0 Å². The predicted molar refractivity (Wildman–Crippen MR) is 50.2 cm³/mol. The van der Waals surface area contributed by atoms with Gasteiger partial charge in [-0.25, -0.2) is 0 Å². The summed E-state index contributed by atoms with van der Waals surface area (Å²) >= 11 is 1.57. The highest BCUT2D eigenvalue weighted by atomic mass is 32.2. The average molecular weight is 189 g/mol. The average Bonchev–Trinajstić information content (AvgIpc) is 2.30. The van der Waals surface area contributed by atoms with E-state index in [1.807, 2.05) is 6.92 Å². The van der Waals surface area contributed by atoms with Crippen molar-refractivity contribution in [2.24, 2.45) is 0 Å². The van der Waals surface area contributed by atoms with Crippen LogP contribution < -0.4 is 0 Å². The largest absolute Gasteiger partial charge is 0.392 e. The molecule has 1 N–H and O–H groups in total. The molecule has 1 rings (SSSR count). The Hall–Kier alpha value is -0.220. The van der Waals surface area contributed by atoms with Crippen LogP contribution in [0.25, 0.3) is 0 Å². The van der Waals surface area contributed by atoms with E-state index in [1.54, 1.807) is 30.8 Å². The molecule has 12 heavy (non-hydrogen) atoms. The molecule has 4 heteroatoms. The summed E-state index contributed by atoms with van der Waals surface area (Å²) in [6.07, 6.45) is 0.284. The molecule has 0 saturated carbocycles. The number of aliphatic hydroxyl groups is 1. The summed E-state index contributed by atoms with van der Waals surface area (Å²) in [6, 6.07) is 0. The molecule has 0 radical (unpaired) electrons. The van der Waals surface area contributed by atoms with Gasteiger partial charge in [0.1, 0.15) is 0 Å². The standard InChI is InChI=1S/C8H15NO2S/c1-5-6(10)4-7(12-5)8(11)9(2)3/h5-7,10H,4H2,1-3H3/t5-,6-,7?/m0/s1. The molecule has 3 atom stereocenters. The van der Waals surface area contributed by atoms with Crippen molar-refractivity contribution in [2.45, 2.75) is 29.9 Å². The quantitative estimate of drug-likeness (QED) is 0.646. The first-order valence-corrected chi connectivity index (χ1v) is 5.01. The van der Waals surface area contributed by atoms with Gasteiger partial charge in [0.2, 0.25) is 5.91 Å². The summed E-state index contributed by atoms with van der Waals surface area (Å²) in [7, 11) is 3.50. The zero-order valence-corrected chi connectivity index (χ0v) is 8.47. The molecule has 1 amide bonds. The molecule has 3 nitrogen and oxygen atoms in total. The number of rotatable bonds is 1. The number of hydrogen-bond acceptors (Lipinski definition) is 3. The Morgan fingerprint density at radius 3 is 2.50 bits per heavy atom. The minimum atomic E-state index is -0.316. The minimum Gasteiger partial charge on any atom is -0.392 e. The lowest BCUT2D eigenvalue weighted by atomic mass is 10.1. The highest BCUT2D eigenvalue weighted by Gasteiger charge is 2.35. The van der Waals surface area contributed by atoms with E-state index >= 15 is 0 Å². The smallest absolute Gasteiger partial charge is 0.235 e. The number of aliphatic hydroxyl groups excluding tert-OH is 1. The first kappa shape index (κ1) is 9.86. The first-order chi connectivity index (χ1) is 5.52. The second-order valence-corrected chi connectivity index (χ2v) is 4.95. The fourth-order valence-electron chi connectivity index (χ4n) is 1.26. The molecule has 0 aliphatic carbocycles. The highest BCUT2D eigenvalue weighted by Crippen LogP contribution is 2.34. The summed E-state index contributed by atoms with van der Waals surface area (Å²) in [4.78, 5) is 13.0. The van der Waals surface area contributed by atoms with E-state index in [2.05, 4.69) is 0 Å². The van der Waals surface area contributed by atoms with Crippen molar-refractivity contribution in [1.82, 2.24) is 4.90 Å². The normalized spacial score (nSPS) is 35.2. The molecule has 1 unspecified atom stereocenters. The summed E-state index contributed by atoms with van der Waals surface area (Å²) in [6.45, 7) is 1.96. The molecule has 70 valence electrons. The summed E-state index contributed by atoms with van der Waals surface area (Å²) in [5.41, 5.74) is 0. The zero-order valence-electron chi connectivity index (χ0n) is 7.65. The third-order valence-corrected chi connectivity index (χ3v) is 3.56. The van der Waals surface area contributed by atoms with Crippen molar-refractivity contribution in [3.8, 4) is 0 Å². The van der Waals surface area contributed by atoms with Crippen molar-refractivity contribution in [3.05, 3.63) is 0 Å². The van der Waals surface area contributed by atoms with Gasteiger partial charge in [0.05, 0.1) is 11.4 Å². The Kier molecular flexibility index (Phi) is 3.01. The lowest BCUT2D eigenvalue weighted by molar-refractivity contribution is -0.128. The van der Waals surface area contributed by atoms with Crippen LogP contribution in [0.15, 0.2) is 0 Å². The zero-order chi connectivity index (χ0) is 9.30. The van der Waals surface area contributed by atoms with Gasteiger partial charge in [0, 0.05) is 19.3 Å². The molecule has 0 spiro atoms. The first-order valence-electron chi connectivity index (χ1n) is 4.07. The van der Waals surface area contributed by atoms with Crippen LogP contribution >= 0.6 is 11.8 Å². The van der Waals surface area contributed by atoms with Crippen LogP contribution in [-0.2, 0) is 4.79 Å². The van der Waals surface area contributed by atoms with Gasteiger partial charge in [-0.1, -0.05) is 6.92 Å². The number of carbonyl (C=O) groups excluding carboxylic acids is 1. The topological polar surface area (TPSA) is 40.5 Å². The number of thioether (sulfide) groups is 1. The molecule has 0 aromatic carbocycles. The number of nitrogens with zero attached hydrogens (tertiary/aromatic N) is 1. The van der Waals surface area contributed by atoms with Gasteiger partial charge in [0.25, 0.3) is 0 Å². The van der Waals surface area contributed by atoms with Crippen LogP contribution in [0, 0.1) is 0 Å². The van der Waals surface area contributed by atoms with Crippen LogP contribution in [0.1, 0.15) is 13.3 Å². The van der Waals surface area contributed by atoms with Crippen molar-refractivity contribution in [1.29, 1.82) is 0 Å². The molecule has 0 aromatic heterocycles. The van der Waals surface area contributed by atoms with Crippen LogP contribution in [0.2, 0.25) is 0 Å². The second-order valence-electron chi connectivity index (χ2n) is 3.37. The van der Waals surface area contributed by atoms with E-state index in [-0.39, 0.29) is 22.5 Å². The fraction of sp³-hybridized carbons (Fsp3) is 0.875. The monoisotopic (exact) mass is 189 g/mol. The molecule has 1 heterocycles. The Balaban J connectivity index is 2.52. The molecular weight excluding hydrogens is 174 g/mol. The summed E-state index contributed by atoms with van der Waals surface area (Å²) in [5, 5.41) is 9.56. The predicted octanol–water partition coefficient (Wildman–Crippen LogP) is 0.329. The molecule has 1 aliphatic heterocycles. The Morgan fingerprint density at radius 2 is 2.17 bits per heavy atom. The van der Waals surface area contributed by atoms with Crippen LogP contribution in [-0.4, -0.2) is 46.6 Å². The van der Waals surface area contributed by atoms with E-state index in [9.17, 15) is 9.90 Å². The van der Waals surface area contributed by atoms with Crippen molar-refractivity contribution >= 4 is 17.7 Å². The number of amides is 1.